The summed E-state index contributed by atoms with van der Waals surface area (Å²) in [5.41, 5.74) is 0. The molecular formula is C10H22N2O2. The average Bonchev–Trinajstić information content (AvgIpc) is 2.14. The summed E-state index contributed by atoms with van der Waals surface area (Å²) in [6, 6.07) is 0.282. The van der Waals surface area contributed by atoms with E-state index in [0.717, 1.165) is 12.8 Å². The number of amides is 1. The highest BCUT2D eigenvalue weighted by molar-refractivity contribution is 5.78. The number of hydrogen-bond donors (Lipinski definition) is 2. The molecule has 0 saturated heterocycles. The molecule has 4 nitrogen and oxygen atoms in total. The molecule has 0 unspecified atom stereocenters. The first-order chi connectivity index (χ1) is 6.63. The highest BCUT2D eigenvalue weighted by Gasteiger charge is 2.09. The molecule has 14 heavy (non-hydrogen) atoms. The maximum absolute atomic E-state index is 11.4. The van der Waals surface area contributed by atoms with Gasteiger partial charge in [-0.25, -0.2) is 0 Å². The van der Waals surface area contributed by atoms with Gasteiger partial charge in [0.2, 0.25) is 5.91 Å². The molecule has 0 fully saturated rings. The van der Waals surface area contributed by atoms with Gasteiger partial charge in [-0.05, 0) is 19.9 Å². The van der Waals surface area contributed by atoms with Crippen LogP contribution in [0.1, 0.15) is 26.7 Å². The number of likely N-dealkylation sites (N-methyl/N-ethyl adjacent to an activating group) is 1. The highest BCUT2D eigenvalue weighted by atomic mass is 16.3. The Hall–Kier alpha value is -0.610. The van der Waals surface area contributed by atoms with Gasteiger partial charge in [-0.1, -0.05) is 13.8 Å². The third kappa shape index (κ3) is 5.94. The maximum Gasteiger partial charge on any atom is 0.234 e. The Balaban J connectivity index is 3.73. The van der Waals surface area contributed by atoms with Gasteiger partial charge in [0.15, 0.2) is 0 Å². The van der Waals surface area contributed by atoms with Crippen LogP contribution < -0.4 is 5.32 Å². The van der Waals surface area contributed by atoms with Crippen LogP contribution in [0.2, 0.25) is 0 Å². The standard InChI is InChI=1S/C10H22N2O2/c1-4-9(5-2)11-10(14)8-12(3)6-7-13/h9,13H,4-8H2,1-3H3,(H,11,14). The summed E-state index contributed by atoms with van der Waals surface area (Å²) in [5, 5.41) is 11.6. The molecule has 0 aromatic rings. The lowest BCUT2D eigenvalue weighted by Crippen LogP contribution is -2.41. The van der Waals surface area contributed by atoms with Gasteiger partial charge in [0.05, 0.1) is 13.2 Å². The van der Waals surface area contributed by atoms with Crippen LogP contribution in [0.5, 0.6) is 0 Å². The Morgan fingerprint density at radius 3 is 2.43 bits per heavy atom. The van der Waals surface area contributed by atoms with E-state index in [2.05, 4.69) is 19.2 Å². The topological polar surface area (TPSA) is 52.6 Å². The average molecular weight is 202 g/mol. The van der Waals surface area contributed by atoms with Crippen molar-refractivity contribution in [1.82, 2.24) is 10.2 Å². The molecule has 0 bridgehead atoms. The van der Waals surface area contributed by atoms with Crippen molar-refractivity contribution in [3.8, 4) is 0 Å². The van der Waals surface area contributed by atoms with Crippen LogP contribution in [0, 0.1) is 0 Å². The van der Waals surface area contributed by atoms with Gasteiger partial charge in [-0.15, -0.1) is 0 Å². The zero-order chi connectivity index (χ0) is 11.0. The number of carbonyl (C=O) groups is 1. The van der Waals surface area contributed by atoms with Crippen molar-refractivity contribution in [3.05, 3.63) is 0 Å². The number of nitrogens with zero attached hydrogens (tertiary/aromatic N) is 1. The van der Waals surface area contributed by atoms with Crippen LogP contribution >= 0.6 is 0 Å². The fraction of sp³-hybridized carbons (Fsp3) is 0.900. The van der Waals surface area contributed by atoms with Crippen molar-refractivity contribution in [2.24, 2.45) is 0 Å². The Kier molecular flexibility index (Phi) is 7.42. The van der Waals surface area contributed by atoms with E-state index in [0.29, 0.717) is 13.1 Å². The summed E-state index contributed by atoms with van der Waals surface area (Å²) >= 11 is 0. The third-order valence-electron chi connectivity index (χ3n) is 2.25. The number of rotatable bonds is 7. The lowest BCUT2D eigenvalue weighted by Gasteiger charge is -2.18. The van der Waals surface area contributed by atoms with Gasteiger partial charge in [0.25, 0.3) is 0 Å². The Bertz CT molecular complexity index is 158. The van der Waals surface area contributed by atoms with Crippen molar-refractivity contribution in [1.29, 1.82) is 0 Å². The molecule has 0 aliphatic carbocycles. The second-order valence-electron chi connectivity index (χ2n) is 3.54. The number of nitrogens with one attached hydrogen (secondary N) is 1. The van der Waals surface area contributed by atoms with Gasteiger partial charge in [-0.3, -0.25) is 9.69 Å². The van der Waals surface area contributed by atoms with Gasteiger partial charge < -0.3 is 10.4 Å². The first-order valence-corrected chi connectivity index (χ1v) is 5.22. The first-order valence-electron chi connectivity index (χ1n) is 5.22. The predicted octanol–water partition coefficient (Wildman–Crippen LogP) is 0.215. The molecule has 0 atom stereocenters. The van der Waals surface area contributed by atoms with E-state index >= 15 is 0 Å². The van der Waals surface area contributed by atoms with Crippen molar-refractivity contribution in [2.45, 2.75) is 32.7 Å². The number of carbonyl (C=O) groups excluding carboxylic acids is 1. The lowest BCUT2D eigenvalue weighted by molar-refractivity contribution is -0.122. The highest BCUT2D eigenvalue weighted by Crippen LogP contribution is 1.95. The minimum atomic E-state index is 0.0367. The van der Waals surface area contributed by atoms with E-state index < -0.39 is 0 Å². The number of aliphatic hydroxyl groups excluding tert-OH is 1. The van der Waals surface area contributed by atoms with E-state index in [9.17, 15) is 4.79 Å². The van der Waals surface area contributed by atoms with Crippen molar-refractivity contribution < 1.29 is 9.90 Å². The van der Waals surface area contributed by atoms with Crippen LogP contribution in [0.4, 0.5) is 0 Å². The molecule has 0 aliphatic heterocycles. The minimum absolute atomic E-state index is 0.0367. The van der Waals surface area contributed by atoms with E-state index in [1.165, 1.54) is 0 Å². The van der Waals surface area contributed by atoms with E-state index in [4.69, 9.17) is 5.11 Å². The molecular weight excluding hydrogens is 180 g/mol. The number of hydrogen-bond acceptors (Lipinski definition) is 3. The molecule has 0 saturated carbocycles. The van der Waals surface area contributed by atoms with Gasteiger partial charge in [0.1, 0.15) is 0 Å². The predicted molar refractivity (Wildman–Crippen MR) is 57.1 cm³/mol. The zero-order valence-corrected chi connectivity index (χ0v) is 9.42. The van der Waals surface area contributed by atoms with Gasteiger partial charge in [-0.2, -0.15) is 0 Å². The van der Waals surface area contributed by atoms with Crippen LogP contribution in [-0.2, 0) is 4.79 Å². The molecule has 0 radical (unpaired) electrons. The minimum Gasteiger partial charge on any atom is -0.395 e. The smallest absolute Gasteiger partial charge is 0.234 e. The van der Waals surface area contributed by atoms with Crippen molar-refractivity contribution >= 4 is 5.91 Å². The summed E-state index contributed by atoms with van der Waals surface area (Å²) in [6.45, 7) is 5.11. The SMILES string of the molecule is CCC(CC)NC(=O)CN(C)CCO. The van der Waals surface area contributed by atoms with Gasteiger partial charge >= 0.3 is 0 Å². The van der Waals surface area contributed by atoms with Gasteiger partial charge in [0, 0.05) is 12.6 Å². The molecule has 84 valence electrons. The van der Waals surface area contributed by atoms with E-state index in [1.807, 2.05) is 7.05 Å². The van der Waals surface area contributed by atoms with E-state index in [1.54, 1.807) is 4.90 Å². The second kappa shape index (κ2) is 7.76. The quantitative estimate of drug-likeness (QED) is 0.621. The van der Waals surface area contributed by atoms with Crippen LogP contribution in [-0.4, -0.2) is 48.7 Å². The maximum atomic E-state index is 11.4. The molecule has 2 N–H and O–H groups in total. The summed E-state index contributed by atoms with van der Waals surface area (Å²) in [7, 11) is 1.82. The molecule has 1 amide bonds. The van der Waals surface area contributed by atoms with Crippen LogP contribution in [0.25, 0.3) is 0 Å². The summed E-state index contributed by atoms with van der Waals surface area (Å²) in [4.78, 5) is 13.2. The summed E-state index contributed by atoms with van der Waals surface area (Å²) in [5.74, 6) is 0.0367. The van der Waals surface area contributed by atoms with Crippen molar-refractivity contribution in [2.75, 3.05) is 26.7 Å². The molecule has 0 heterocycles. The Labute approximate surface area is 86.3 Å². The lowest BCUT2D eigenvalue weighted by atomic mass is 10.2. The Morgan fingerprint density at radius 2 is 2.00 bits per heavy atom. The normalized spacial score (nSPS) is 11.0. The monoisotopic (exact) mass is 202 g/mol. The summed E-state index contributed by atoms with van der Waals surface area (Å²) in [6.07, 6.45) is 1.93. The van der Waals surface area contributed by atoms with E-state index in [-0.39, 0.29) is 18.6 Å². The van der Waals surface area contributed by atoms with Crippen LogP contribution in [0.15, 0.2) is 0 Å². The molecule has 0 aliphatic rings. The molecule has 0 aromatic carbocycles. The molecule has 0 aromatic heterocycles. The molecule has 0 rings (SSSR count). The number of aliphatic hydroxyl groups is 1. The van der Waals surface area contributed by atoms with Crippen molar-refractivity contribution in [3.63, 3.8) is 0 Å². The first kappa shape index (κ1) is 13.4. The molecule has 0 spiro atoms. The second-order valence-corrected chi connectivity index (χ2v) is 3.54. The molecule has 4 heteroatoms. The largest absolute Gasteiger partial charge is 0.395 e. The van der Waals surface area contributed by atoms with Crippen LogP contribution in [0.3, 0.4) is 0 Å². The third-order valence-corrected chi connectivity index (χ3v) is 2.25. The summed E-state index contributed by atoms with van der Waals surface area (Å²) < 4.78 is 0. The fourth-order valence-corrected chi connectivity index (χ4v) is 1.26. The fourth-order valence-electron chi connectivity index (χ4n) is 1.26. The zero-order valence-electron chi connectivity index (χ0n) is 9.42. The Morgan fingerprint density at radius 1 is 1.43 bits per heavy atom.